The van der Waals surface area contributed by atoms with Gasteiger partial charge >= 0.3 is 5.97 Å². The van der Waals surface area contributed by atoms with Crippen molar-refractivity contribution in [2.45, 2.75) is 12.2 Å². The Morgan fingerprint density at radius 3 is 2.20 bits per heavy atom. The van der Waals surface area contributed by atoms with Gasteiger partial charge in [0.1, 0.15) is 5.92 Å². The van der Waals surface area contributed by atoms with Crippen LogP contribution in [0.25, 0.3) is 0 Å². The topological polar surface area (TPSA) is 66.8 Å². The lowest BCUT2D eigenvalue weighted by atomic mass is 9.82. The van der Waals surface area contributed by atoms with Crippen LogP contribution in [-0.2, 0) is 14.3 Å². The summed E-state index contributed by atoms with van der Waals surface area (Å²) in [5.74, 6) is -2.46. The number of carbonyl (C=O) groups is 2. The number of fused-ring (bicyclic) bond motifs is 2. The molecule has 2 aliphatic rings. The van der Waals surface area contributed by atoms with E-state index < -0.39 is 23.9 Å². The highest BCUT2D eigenvalue weighted by Gasteiger charge is 2.53. The van der Waals surface area contributed by atoms with E-state index in [4.69, 9.17) is 9.84 Å². The van der Waals surface area contributed by atoms with Gasteiger partial charge in [-0.1, -0.05) is 12.2 Å². The number of aliphatic carboxylic acids is 1. The Balaban J connectivity index is 2.27. The first-order valence-electron chi connectivity index (χ1n) is 4.80. The fourth-order valence-corrected chi connectivity index (χ4v) is 2.19. The molecule has 2 bridgehead atoms. The predicted molar refractivity (Wildman–Crippen MR) is 51.1 cm³/mol. The van der Waals surface area contributed by atoms with E-state index in [1.807, 2.05) is 0 Å². The highest BCUT2D eigenvalue weighted by Crippen LogP contribution is 2.39. The summed E-state index contributed by atoms with van der Waals surface area (Å²) >= 11 is 0. The summed E-state index contributed by atoms with van der Waals surface area (Å²) in [6.45, 7) is 0. The average Bonchev–Trinajstić information content (AvgIpc) is 2.74. The van der Waals surface area contributed by atoms with Gasteiger partial charge in [-0.05, 0) is 0 Å². The summed E-state index contributed by atoms with van der Waals surface area (Å²) in [5, 5.41) is 9.05. The first kappa shape index (κ1) is 10.2. The Morgan fingerprint density at radius 2 is 1.73 bits per heavy atom. The van der Waals surface area contributed by atoms with Gasteiger partial charge in [0.05, 0.1) is 18.1 Å². The van der Waals surface area contributed by atoms with Gasteiger partial charge < -0.3 is 14.7 Å². The van der Waals surface area contributed by atoms with Gasteiger partial charge in [-0.2, -0.15) is 0 Å². The van der Waals surface area contributed by atoms with E-state index in [-0.39, 0.29) is 12.0 Å². The maximum Gasteiger partial charge on any atom is 0.310 e. The molecule has 15 heavy (non-hydrogen) atoms. The number of carbonyl (C=O) groups excluding carboxylic acids is 1. The maximum absolute atomic E-state index is 11.8. The molecule has 1 saturated heterocycles. The number of nitrogens with zero attached hydrogens (tertiary/aromatic N) is 1. The van der Waals surface area contributed by atoms with Crippen LogP contribution in [0.1, 0.15) is 0 Å². The van der Waals surface area contributed by atoms with Crippen LogP contribution in [0, 0.1) is 11.8 Å². The Hall–Kier alpha value is -1.36. The molecule has 2 heterocycles. The van der Waals surface area contributed by atoms with E-state index in [1.54, 1.807) is 26.2 Å². The Morgan fingerprint density at radius 1 is 1.20 bits per heavy atom. The van der Waals surface area contributed by atoms with Crippen LogP contribution in [0.4, 0.5) is 0 Å². The van der Waals surface area contributed by atoms with Gasteiger partial charge in [0, 0.05) is 14.1 Å². The molecular weight excluding hydrogens is 198 g/mol. The molecule has 82 valence electrons. The SMILES string of the molecule is CN(C)C(=O)[C@H]1[C@H](C(=O)O)[C@H]2C=C[C@H]1O2. The molecule has 0 saturated carbocycles. The van der Waals surface area contributed by atoms with Crippen molar-refractivity contribution >= 4 is 11.9 Å². The average molecular weight is 211 g/mol. The Bertz CT molecular complexity index is 336. The second-order valence-corrected chi connectivity index (χ2v) is 4.07. The van der Waals surface area contributed by atoms with Crippen molar-refractivity contribution in [2.24, 2.45) is 11.8 Å². The number of ether oxygens (including phenoxy) is 1. The summed E-state index contributed by atoms with van der Waals surface area (Å²) in [5.41, 5.74) is 0. The molecule has 0 spiro atoms. The van der Waals surface area contributed by atoms with Crippen LogP contribution in [0.3, 0.4) is 0 Å². The summed E-state index contributed by atoms with van der Waals surface area (Å²) < 4.78 is 5.39. The third-order valence-electron chi connectivity index (χ3n) is 2.91. The summed E-state index contributed by atoms with van der Waals surface area (Å²) in [6.07, 6.45) is 2.69. The quantitative estimate of drug-likeness (QED) is 0.638. The molecule has 0 aromatic heterocycles. The molecule has 1 N–H and O–H groups in total. The zero-order valence-corrected chi connectivity index (χ0v) is 8.58. The zero-order valence-electron chi connectivity index (χ0n) is 8.58. The van der Waals surface area contributed by atoms with E-state index in [0.29, 0.717) is 0 Å². The number of amides is 1. The van der Waals surface area contributed by atoms with Gasteiger partial charge in [-0.3, -0.25) is 9.59 Å². The van der Waals surface area contributed by atoms with E-state index in [9.17, 15) is 9.59 Å². The van der Waals surface area contributed by atoms with Crippen molar-refractivity contribution in [2.75, 3.05) is 14.1 Å². The fraction of sp³-hybridized carbons (Fsp3) is 0.600. The van der Waals surface area contributed by atoms with Crippen LogP contribution in [0.5, 0.6) is 0 Å². The fourth-order valence-electron chi connectivity index (χ4n) is 2.19. The van der Waals surface area contributed by atoms with Crippen LogP contribution in [0.15, 0.2) is 12.2 Å². The monoisotopic (exact) mass is 211 g/mol. The van der Waals surface area contributed by atoms with Crippen molar-refractivity contribution in [1.82, 2.24) is 4.90 Å². The van der Waals surface area contributed by atoms with Crippen molar-refractivity contribution in [3.8, 4) is 0 Å². The molecule has 2 rings (SSSR count). The maximum atomic E-state index is 11.8. The van der Waals surface area contributed by atoms with E-state index >= 15 is 0 Å². The minimum atomic E-state index is -0.966. The van der Waals surface area contributed by atoms with Gasteiger partial charge in [0.25, 0.3) is 0 Å². The van der Waals surface area contributed by atoms with Crippen molar-refractivity contribution in [3.05, 3.63) is 12.2 Å². The first-order valence-corrected chi connectivity index (χ1v) is 4.80. The van der Waals surface area contributed by atoms with E-state index in [1.165, 1.54) is 4.90 Å². The molecule has 5 nitrogen and oxygen atoms in total. The molecule has 0 aromatic rings. The largest absolute Gasteiger partial charge is 0.481 e. The molecule has 4 atom stereocenters. The molecule has 0 unspecified atom stereocenters. The van der Waals surface area contributed by atoms with Crippen LogP contribution in [-0.4, -0.2) is 48.2 Å². The minimum Gasteiger partial charge on any atom is -0.481 e. The molecule has 5 heteroatoms. The molecular formula is C10H13NO4. The molecule has 0 aliphatic carbocycles. The van der Waals surface area contributed by atoms with Gasteiger partial charge in [-0.25, -0.2) is 0 Å². The molecule has 1 fully saturated rings. The van der Waals surface area contributed by atoms with Gasteiger partial charge in [0.15, 0.2) is 0 Å². The lowest BCUT2D eigenvalue weighted by Crippen LogP contribution is -2.41. The molecule has 0 aromatic carbocycles. The Kier molecular flexibility index (Phi) is 2.26. The number of hydrogen-bond acceptors (Lipinski definition) is 3. The standard InChI is InChI=1S/C10H13NO4/c1-11(2)9(12)7-5-3-4-6(15-5)8(7)10(13)14/h3-8H,1-2H3,(H,13,14)/t5-,6-,7-,8-/m1/s1. The summed E-state index contributed by atoms with van der Waals surface area (Å²) in [7, 11) is 3.24. The predicted octanol–water partition coefficient (Wildman–Crippen LogP) is -0.271. The zero-order chi connectivity index (χ0) is 11.2. The molecule has 2 aliphatic heterocycles. The lowest BCUT2D eigenvalue weighted by Gasteiger charge is -2.23. The van der Waals surface area contributed by atoms with Gasteiger partial charge in [-0.15, -0.1) is 0 Å². The number of carboxylic acid groups (broad SMARTS) is 1. The second-order valence-electron chi connectivity index (χ2n) is 4.07. The number of rotatable bonds is 2. The molecule has 1 amide bonds. The number of carboxylic acids is 1. The van der Waals surface area contributed by atoms with E-state index in [2.05, 4.69) is 0 Å². The minimum absolute atomic E-state index is 0.181. The third-order valence-corrected chi connectivity index (χ3v) is 2.91. The van der Waals surface area contributed by atoms with Crippen molar-refractivity contribution in [3.63, 3.8) is 0 Å². The normalized spacial score (nSPS) is 36.9. The summed E-state index contributed by atoms with van der Waals surface area (Å²) in [6, 6.07) is 0. The second kappa shape index (κ2) is 3.34. The van der Waals surface area contributed by atoms with Crippen LogP contribution >= 0.6 is 0 Å². The first-order chi connectivity index (χ1) is 7.02. The van der Waals surface area contributed by atoms with Crippen LogP contribution in [0.2, 0.25) is 0 Å². The van der Waals surface area contributed by atoms with Crippen LogP contribution < -0.4 is 0 Å². The van der Waals surface area contributed by atoms with Crippen molar-refractivity contribution in [1.29, 1.82) is 0 Å². The number of hydrogen-bond donors (Lipinski definition) is 1. The smallest absolute Gasteiger partial charge is 0.310 e. The third kappa shape index (κ3) is 1.43. The van der Waals surface area contributed by atoms with E-state index in [0.717, 1.165) is 0 Å². The van der Waals surface area contributed by atoms with Crippen molar-refractivity contribution < 1.29 is 19.4 Å². The summed E-state index contributed by atoms with van der Waals surface area (Å²) in [4.78, 5) is 24.3. The highest BCUT2D eigenvalue weighted by molar-refractivity contribution is 5.87. The molecule has 0 radical (unpaired) electrons. The highest BCUT2D eigenvalue weighted by atomic mass is 16.5. The van der Waals surface area contributed by atoms with Gasteiger partial charge in [0.2, 0.25) is 5.91 Å². The lowest BCUT2D eigenvalue weighted by molar-refractivity contribution is -0.148. The Labute approximate surface area is 87.3 Å².